The maximum Gasteiger partial charge on any atom is 0.132 e. The van der Waals surface area contributed by atoms with Crippen LogP contribution >= 0.6 is 11.8 Å². The second-order valence-electron chi connectivity index (χ2n) is 4.92. The fourth-order valence-electron chi connectivity index (χ4n) is 2.30. The first kappa shape index (κ1) is 15.6. The van der Waals surface area contributed by atoms with Crippen LogP contribution in [-0.2, 0) is 11.3 Å². The van der Waals surface area contributed by atoms with Gasteiger partial charge in [-0.2, -0.15) is 17.0 Å². The Kier molecular flexibility index (Phi) is 5.86. The number of rotatable bonds is 7. The van der Waals surface area contributed by atoms with E-state index in [-0.39, 0.29) is 0 Å². The molecule has 0 aliphatic carbocycles. The van der Waals surface area contributed by atoms with Crippen LogP contribution in [0.4, 0.5) is 0 Å². The van der Waals surface area contributed by atoms with E-state index in [2.05, 4.69) is 35.7 Å². The van der Waals surface area contributed by atoms with Crippen molar-refractivity contribution in [1.29, 1.82) is 5.26 Å². The predicted molar refractivity (Wildman–Crippen MR) is 90.0 cm³/mol. The minimum absolute atomic E-state index is 0.592. The zero-order chi connectivity index (χ0) is 15.0. The van der Waals surface area contributed by atoms with Crippen LogP contribution in [0.3, 0.4) is 0 Å². The Balaban J connectivity index is 1.94. The number of nitrogens with zero attached hydrogens (tertiary/aromatic N) is 1. The van der Waals surface area contributed by atoms with E-state index in [1.807, 2.05) is 55.2 Å². The van der Waals surface area contributed by atoms with E-state index in [0.29, 0.717) is 0 Å². The molecule has 0 saturated carbocycles. The van der Waals surface area contributed by atoms with E-state index in [1.165, 1.54) is 5.56 Å². The third-order valence-corrected chi connectivity index (χ3v) is 4.65. The Bertz CT molecular complexity index is 577. The summed E-state index contributed by atoms with van der Waals surface area (Å²) in [6.07, 6.45) is 0.793. The van der Waals surface area contributed by atoms with Gasteiger partial charge in [-0.3, -0.25) is 5.32 Å². The summed E-state index contributed by atoms with van der Waals surface area (Å²) in [5, 5.41) is 12.8. The third kappa shape index (κ3) is 4.10. The molecule has 0 fully saturated rings. The lowest BCUT2D eigenvalue weighted by atomic mass is 9.89. The summed E-state index contributed by atoms with van der Waals surface area (Å²) in [6, 6.07) is 22.9. The van der Waals surface area contributed by atoms with Gasteiger partial charge >= 0.3 is 0 Å². The van der Waals surface area contributed by atoms with E-state index < -0.39 is 5.54 Å². The molecule has 0 aliphatic rings. The molecular formula is C18H20N2S. The van der Waals surface area contributed by atoms with Gasteiger partial charge in [-0.05, 0) is 30.3 Å². The predicted octanol–water partition coefficient (Wildman–Crippen LogP) is 3.95. The summed E-state index contributed by atoms with van der Waals surface area (Å²) in [7, 11) is 1.86. The quantitative estimate of drug-likeness (QED) is 0.786. The highest BCUT2D eigenvalue weighted by Gasteiger charge is 2.29. The van der Waals surface area contributed by atoms with Crippen LogP contribution in [-0.4, -0.2) is 12.8 Å². The highest BCUT2D eigenvalue weighted by atomic mass is 32.2. The second kappa shape index (κ2) is 7.87. The fraction of sp³-hybridized carbons (Fsp3) is 0.278. The first-order valence-electron chi connectivity index (χ1n) is 7.08. The molecule has 0 saturated heterocycles. The summed E-state index contributed by atoms with van der Waals surface area (Å²) >= 11 is 1.87. The first-order chi connectivity index (χ1) is 10.3. The lowest BCUT2D eigenvalue weighted by Gasteiger charge is -2.26. The Morgan fingerprint density at radius 1 is 1.05 bits per heavy atom. The van der Waals surface area contributed by atoms with Crippen molar-refractivity contribution >= 4 is 11.8 Å². The van der Waals surface area contributed by atoms with Gasteiger partial charge in [-0.15, -0.1) is 0 Å². The standard InChI is InChI=1S/C18H20N2S/c1-20-18(15-19,17-10-6-3-7-11-17)12-13-21-14-16-8-4-2-5-9-16/h2-11,20H,12-14H2,1H3. The molecule has 1 N–H and O–H groups in total. The molecule has 0 heterocycles. The van der Waals surface area contributed by atoms with Gasteiger partial charge in [0, 0.05) is 5.75 Å². The van der Waals surface area contributed by atoms with Gasteiger partial charge in [0.1, 0.15) is 5.54 Å². The molecule has 2 aromatic rings. The van der Waals surface area contributed by atoms with Crippen molar-refractivity contribution in [2.45, 2.75) is 17.7 Å². The van der Waals surface area contributed by atoms with Crippen molar-refractivity contribution in [2.75, 3.05) is 12.8 Å². The largest absolute Gasteiger partial charge is 0.299 e. The summed E-state index contributed by atoms with van der Waals surface area (Å²) in [6.45, 7) is 0. The molecular weight excluding hydrogens is 276 g/mol. The average molecular weight is 296 g/mol. The van der Waals surface area contributed by atoms with Crippen LogP contribution < -0.4 is 5.32 Å². The molecule has 2 nitrogen and oxygen atoms in total. The molecule has 0 aliphatic heterocycles. The molecule has 0 spiro atoms. The zero-order valence-electron chi connectivity index (χ0n) is 12.3. The van der Waals surface area contributed by atoms with Gasteiger partial charge in [-0.25, -0.2) is 0 Å². The number of nitriles is 1. The van der Waals surface area contributed by atoms with E-state index in [4.69, 9.17) is 0 Å². The molecule has 2 rings (SSSR count). The molecule has 108 valence electrons. The van der Waals surface area contributed by atoms with Crippen molar-refractivity contribution in [2.24, 2.45) is 0 Å². The first-order valence-corrected chi connectivity index (χ1v) is 8.23. The Hall–Kier alpha value is -1.76. The zero-order valence-corrected chi connectivity index (χ0v) is 13.1. The normalized spacial score (nSPS) is 13.3. The van der Waals surface area contributed by atoms with Gasteiger partial charge in [0.15, 0.2) is 0 Å². The van der Waals surface area contributed by atoms with Crippen molar-refractivity contribution in [1.82, 2.24) is 5.32 Å². The molecule has 1 atom stereocenters. The molecule has 0 aromatic heterocycles. The van der Waals surface area contributed by atoms with E-state index in [1.54, 1.807) is 0 Å². The van der Waals surface area contributed by atoms with Crippen molar-refractivity contribution in [3.05, 3.63) is 71.8 Å². The Morgan fingerprint density at radius 3 is 2.24 bits per heavy atom. The second-order valence-corrected chi connectivity index (χ2v) is 6.03. The molecule has 2 aromatic carbocycles. The van der Waals surface area contributed by atoms with Crippen molar-refractivity contribution in [3.63, 3.8) is 0 Å². The number of hydrogen-bond acceptors (Lipinski definition) is 3. The molecule has 1 unspecified atom stereocenters. The highest BCUT2D eigenvalue weighted by Crippen LogP contribution is 2.26. The summed E-state index contributed by atoms with van der Waals surface area (Å²) in [4.78, 5) is 0. The van der Waals surface area contributed by atoms with Gasteiger partial charge in [-0.1, -0.05) is 60.7 Å². The van der Waals surface area contributed by atoms with Crippen LogP contribution in [0, 0.1) is 11.3 Å². The van der Waals surface area contributed by atoms with Crippen LogP contribution in [0.1, 0.15) is 17.5 Å². The van der Waals surface area contributed by atoms with Gasteiger partial charge < -0.3 is 0 Å². The lowest BCUT2D eigenvalue weighted by molar-refractivity contribution is 0.457. The number of benzene rings is 2. The van der Waals surface area contributed by atoms with E-state index >= 15 is 0 Å². The highest BCUT2D eigenvalue weighted by molar-refractivity contribution is 7.98. The van der Waals surface area contributed by atoms with Crippen molar-refractivity contribution < 1.29 is 0 Å². The summed E-state index contributed by atoms with van der Waals surface area (Å²) in [5.74, 6) is 1.93. The Labute approximate surface area is 131 Å². The number of hydrogen-bond donors (Lipinski definition) is 1. The molecule has 0 radical (unpaired) electrons. The molecule has 0 bridgehead atoms. The van der Waals surface area contributed by atoms with Crippen LogP contribution in [0.25, 0.3) is 0 Å². The number of nitrogens with one attached hydrogen (secondary N) is 1. The number of thioether (sulfide) groups is 1. The van der Waals surface area contributed by atoms with Crippen LogP contribution in [0.2, 0.25) is 0 Å². The Morgan fingerprint density at radius 2 is 1.67 bits per heavy atom. The van der Waals surface area contributed by atoms with Gasteiger partial charge in [0.2, 0.25) is 0 Å². The topological polar surface area (TPSA) is 35.8 Å². The maximum atomic E-state index is 9.62. The maximum absolute atomic E-state index is 9.62. The molecule has 3 heteroatoms. The van der Waals surface area contributed by atoms with Crippen molar-refractivity contribution in [3.8, 4) is 6.07 Å². The fourth-order valence-corrected chi connectivity index (χ4v) is 3.33. The van der Waals surface area contributed by atoms with Crippen LogP contribution in [0.5, 0.6) is 0 Å². The monoisotopic (exact) mass is 296 g/mol. The summed E-state index contributed by atoms with van der Waals surface area (Å²) < 4.78 is 0. The van der Waals surface area contributed by atoms with Crippen LogP contribution in [0.15, 0.2) is 60.7 Å². The SMILES string of the molecule is CNC(C#N)(CCSCc1ccccc1)c1ccccc1. The lowest BCUT2D eigenvalue weighted by Crippen LogP contribution is -2.39. The smallest absolute Gasteiger partial charge is 0.132 e. The van der Waals surface area contributed by atoms with E-state index in [9.17, 15) is 5.26 Å². The average Bonchev–Trinajstić information content (AvgIpc) is 2.57. The minimum Gasteiger partial charge on any atom is -0.299 e. The molecule has 0 amide bonds. The third-order valence-electron chi connectivity index (χ3n) is 3.62. The van der Waals surface area contributed by atoms with Gasteiger partial charge in [0.05, 0.1) is 6.07 Å². The van der Waals surface area contributed by atoms with E-state index in [0.717, 1.165) is 23.5 Å². The summed E-state index contributed by atoms with van der Waals surface area (Å²) in [5.41, 5.74) is 1.77. The minimum atomic E-state index is -0.592. The molecule has 21 heavy (non-hydrogen) atoms. The van der Waals surface area contributed by atoms with Gasteiger partial charge in [0.25, 0.3) is 0 Å².